The number of nitrogens with zero attached hydrogens (tertiary/aromatic N) is 5. The number of carbonyl (C=O) groups excluding carboxylic acids is 13. The van der Waals surface area contributed by atoms with Crippen LogP contribution in [0, 0.1) is 23.7 Å². The molecule has 39 nitrogen and oxygen atoms in total. The largest absolute Gasteiger partial charge is 0.481 e. The number of carbonyl (C=O) groups is 13. The second kappa shape index (κ2) is 52.1. The van der Waals surface area contributed by atoms with Crippen LogP contribution in [0.3, 0.4) is 0 Å². The van der Waals surface area contributed by atoms with Gasteiger partial charge in [0.15, 0.2) is 6.10 Å². The van der Waals surface area contributed by atoms with E-state index in [1.807, 2.05) is 0 Å². The molecule has 2 aromatic carbocycles. The number of unbranched alkanes of at least 4 members (excludes halogenated alkanes) is 4. The van der Waals surface area contributed by atoms with Gasteiger partial charge < -0.3 is 92.1 Å². The van der Waals surface area contributed by atoms with Gasteiger partial charge in [0.2, 0.25) is 41.4 Å². The molecule has 668 valence electrons. The normalized spacial score (nSPS) is 21.4. The second-order valence-corrected chi connectivity index (χ2v) is 33.2. The summed E-state index contributed by atoms with van der Waals surface area (Å²) in [5.41, 5.74) is 7.11. The molecule has 0 saturated carbocycles. The molecule has 120 heavy (non-hydrogen) atoms. The van der Waals surface area contributed by atoms with E-state index in [9.17, 15) is 81.2 Å². The van der Waals surface area contributed by atoms with E-state index in [2.05, 4.69) is 62.5 Å². The molecule has 41 heteroatoms. The predicted molar refractivity (Wildman–Crippen MR) is 439 cm³/mol. The highest BCUT2D eigenvalue weighted by Crippen LogP contribution is 2.60. The van der Waals surface area contributed by atoms with Crippen molar-refractivity contribution in [1.29, 1.82) is 0 Å². The van der Waals surface area contributed by atoms with Gasteiger partial charge in [0.25, 0.3) is 5.91 Å². The minimum absolute atomic E-state index is 0.00781. The fraction of sp³-hybridized carbons (Fsp3) is 0.608. The molecule has 1 aliphatic heterocycles. The molecule has 12 amide bonds. The number of likely N-dealkylation sites (N-methyl/N-ethyl adjacent to an activating group) is 2. The lowest BCUT2D eigenvalue weighted by Crippen LogP contribution is -2.57. The monoisotopic (exact) mass is 1730 g/mol. The maximum Gasteiger partial charge on any atom is 0.481 e. The SMILES string of the molecule is C/C=C(\C)C1OC(=O)[C@@H](C)NC(=O)[C@H](C(C)CC)NC(=O)CN(C)C(=O)[C@@H](Cc2ccccc2)N(C)C(=O)[C@H](C)NC(=O)[C@@H](CC(C)C)OC(=O)/C(C)=C/C[C@H](OC(=O)NCCCCCOP(=O)(O)OP(=O)(O)OCCNC(=O)OCc2ccc(NC(=O)[C@@H](CCCNC(N)=O)NC(=O)[C@H](NC(=O)CCCCCn3ccnn3)C(C)C)cc2)[C@@H]1C. The first-order valence-electron chi connectivity index (χ1n) is 40.2. The van der Waals surface area contributed by atoms with Crippen LogP contribution in [0.25, 0.3) is 0 Å². The highest BCUT2D eigenvalue weighted by molar-refractivity contribution is 7.61. The number of aromatic nitrogens is 3. The van der Waals surface area contributed by atoms with E-state index in [-0.39, 0.29) is 101 Å². The van der Waals surface area contributed by atoms with Gasteiger partial charge in [-0.15, -0.1) is 5.10 Å². The minimum atomic E-state index is -5.29. The summed E-state index contributed by atoms with van der Waals surface area (Å²) in [6, 6.07) is 7.05. The number of benzene rings is 2. The zero-order valence-corrected chi connectivity index (χ0v) is 72.7. The molecular formula is C79H123N15O24P2. The lowest BCUT2D eigenvalue weighted by Gasteiger charge is -2.33. The van der Waals surface area contributed by atoms with Crippen LogP contribution in [-0.2, 0) is 109 Å². The van der Waals surface area contributed by atoms with Gasteiger partial charge in [0.1, 0.15) is 55.1 Å². The smallest absolute Gasteiger partial charge is 0.456 e. The summed E-state index contributed by atoms with van der Waals surface area (Å²) in [7, 11) is -7.78. The van der Waals surface area contributed by atoms with Gasteiger partial charge >= 0.3 is 45.8 Å². The van der Waals surface area contributed by atoms with Crippen molar-refractivity contribution in [3.05, 3.63) is 101 Å². The Morgan fingerprint density at radius 3 is 2.02 bits per heavy atom. The lowest BCUT2D eigenvalue weighted by atomic mass is 9.90. The van der Waals surface area contributed by atoms with E-state index in [1.54, 1.807) is 116 Å². The number of anilines is 1. The lowest BCUT2D eigenvalue weighted by molar-refractivity contribution is -0.155. The first-order valence-corrected chi connectivity index (χ1v) is 43.2. The second-order valence-electron chi connectivity index (χ2n) is 30.2. The van der Waals surface area contributed by atoms with Gasteiger partial charge in [-0.1, -0.05) is 121 Å². The number of nitrogens with two attached hydrogens (primary N) is 1. The quantitative estimate of drug-likeness (QED) is 0.00996. The molecule has 0 spiro atoms. The minimum Gasteiger partial charge on any atom is -0.456 e. The van der Waals surface area contributed by atoms with Gasteiger partial charge in [-0.3, -0.25) is 52.1 Å². The molecule has 4 unspecified atom stereocenters. The third-order valence-electron chi connectivity index (χ3n) is 19.5. The average molecular weight is 1730 g/mol. The number of aryl methyl sites for hydroxylation is 1. The zero-order valence-electron chi connectivity index (χ0n) is 70.9. The number of hydrogen-bond donors (Lipinski definition) is 12. The van der Waals surface area contributed by atoms with Gasteiger partial charge in [0, 0.05) is 82.9 Å². The maximum atomic E-state index is 14.4. The standard InChI is InChI=1S/C79H123N15O24P2/c1-15-51(7)67-72(100)86-56(12)76(104)117-68(52(8)16-2)54(10)62(36-31-53(9)75(103)115-63(45-49(3)4)70(98)85-55(11)73(101)93(14)61(46-57-27-20-17-21-28-57)74(102)92(13)47-65(96)90-67)116-79(107)82-37-23-19-25-43-113-119(108,109)118-120(110,111)114-44-40-83-78(106)112-48-58-32-34-59(35-33-58)87-69(97)60(29-26-38-81-77(80)105)88-71(99)66(50(5)6)89-64(95)30-22-18-24-41-94-42-39-84-91-94/h16-17,20-21,27-28,31-35,39,42,49-51,54-56,60-63,66-68H,15,18-19,22-26,29-30,36-38,40-41,43-48H2,1-14H3,(H,82,107)(H,83,106)(H,85,98)(H,86,100)(H,87,97)(H,88,99)(H,89,95)(H,90,96)(H,108,109)(H,110,111)(H3,80,81,105)/b52-16+,53-31+/t51?,54-,55-,56+,60+,61+,62-,63+,66+,67-,68?/m0/s1. The molecule has 3 aromatic rings. The predicted octanol–water partition coefficient (Wildman–Crippen LogP) is 6.18. The summed E-state index contributed by atoms with van der Waals surface area (Å²) in [6.45, 7) is 18.0. The number of alkyl carbamates (subject to hydrolysis) is 2. The van der Waals surface area contributed by atoms with Crippen molar-refractivity contribution in [2.24, 2.45) is 29.4 Å². The first kappa shape index (κ1) is 102. The van der Waals surface area contributed by atoms with Crippen molar-refractivity contribution in [2.45, 2.75) is 234 Å². The number of primary amides is 1. The Morgan fingerprint density at radius 1 is 0.742 bits per heavy atom. The molecule has 0 aliphatic carbocycles. The molecule has 13 N–H and O–H groups in total. The number of nitrogens with one attached hydrogen (secondary N) is 9. The molecule has 4 rings (SSSR count). The van der Waals surface area contributed by atoms with Gasteiger partial charge in [-0.25, -0.2) is 33.1 Å². The molecule has 13 atom stereocenters. The van der Waals surface area contributed by atoms with Crippen molar-refractivity contribution < 1.29 is 114 Å². The number of ether oxygens (including phenoxy) is 4. The number of hydrogen-bond acceptors (Lipinski definition) is 24. The third-order valence-corrected chi connectivity index (χ3v) is 22.1. The Kier molecular flexibility index (Phi) is 44.4. The summed E-state index contributed by atoms with van der Waals surface area (Å²) >= 11 is 0. The van der Waals surface area contributed by atoms with Gasteiger partial charge in [0.05, 0.1) is 26.0 Å². The molecular weight excluding hydrogens is 1600 g/mol. The van der Waals surface area contributed by atoms with E-state index < -0.39 is 180 Å². The molecule has 1 aromatic heterocycles. The Bertz CT molecular complexity index is 4020. The summed E-state index contributed by atoms with van der Waals surface area (Å²) < 4.78 is 64.3. The van der Waals surface area contributed by atoms with Crippen molar-refractivity contribution in [3.8, 4) is 0 Å². The number of esters is 2. The van der Waals surface area contributed by atoms with Crippen LogP contribution in [0.1, 0.15) is 171 Å². The molecule has 0 radical (unpaired) electrons. The Hall–Kier alpha value is -10.2. The van der Waals surface area contributed by atoms with E-state index in [0.29, 0.717) is 41.8 Å². The average Bonchev–Trinajstić information content (AvgIpc) is 0.976. The van der Waals surface area contributed by atoms with Crippen LogP contribution >= 0.6 is 15.6 Å². The number of phosphoric acid groups is 2. The highest BCUT2D eigenvalue weighted by atomic mass is 31.3. The van der Waals surface area contributed by atoms with Crippen molar-refractivity contribution >= 4 is 98.7 Å². The van der Waals surface area contributed by atoms with E-state index >= 15 is 0 Å². The summed E-state index contributed by atoms with van der Waals surface area (Å²) in [4.78, 5) is 199. The fourth-order valence-electron chi connectivity index (χ4n) is 12.2. The Labute approximate surface area is 700 Å². The number of phosphoric ester groups is 2. The molecule has 2 heterocycles. The number of rotatable bonds is 39. The Morgan fingerprint density at radius 2 is 1.39 bits per heavy atom. The molecule has 1 aliphatic rings. The fourth-order valence-corrected chi connectivity index (χ4v) is 14.3. The van der Waals surface area contributed by atoms with Crippen molar-refractivity contribution in [1.82, 2.24) is 67.3 Å². The number of cyclic esters (lactones) is 2. The molecule has 0 bridgehead atoms. The van der Waals surface area contributed by atoms with Crippen molar-refractivity contribution in [3.63, 3.8) is 0 Å². The van der Waals surface area contributed by atoms with Crippen LogP contribution in [0.15, 0.2) is 90.3 Å². The van der Waals surface area contributed by atoms with Crippen molar-refractivity contribution in [2.75, 3.05) is 58.8 Å². The van der Waals surface area contributed by atoms with E-state index in [1.165, 1.54) is 70.1 Å². The molecule has 0 fully saturated rings. The highest BCUT2D eigenvalue weighted by Gasteiger charge is 2.40. The first-order chi connectivity index (χ1) is 56.6. The summed E-state index contributed by atoms with van der Waals surface area (Å²) in [6.07, 6.45) is 4.01. The Balaban J connectivity index is 1.33. The summed E-state index contributed by atoms with van der Waals surface area (Å²) in [5, 5.41) is 31.3. The number of amides is 12. The van der Waals surface area contributed by atoms with Crippen LogP contribution in [0.5, 0.6) is 0 Å². The van der Waals surface area contributed by atoms with Gasteiger partial charge in [-0.2, -0.15) is 4.31 Å². The zero-order chi connectivity index (χ0) is 89.4. The number of allylic oxidation sites excluding steroid dienone is 1. The van der Waals surface area contributed by atoms with Crippen LogP contribution in [0.2, 0.25) is 0 Å². The topological polar surface area (TPSA) is 533 Å². The van der Waals surface area contributed by atoms with Crippen LogP contribution in [-0.4, -0.2) is 220 Å². The summed E-state index contributed by atoms with van der Waals surface area (Å²) in [5.74, 6) is -8.94. The van der Waals surface area contributed by atoms with Gasteiger partial charge in [-0.05, 0) is 133 Å². The third kappa shape index (κ3) is 37.6. The van der Waals surface area contributed by atoms with Crippen LogP contribution < -0.4 is 53.6 Å². The van der Waals surface area contributed by atoms with E-state index in [4.69, 9.17) is 33.7 Å². The number of urea groups is 1. The molecule has 0 saturated heterocycles. The van der Waals surface area contributed by atoms with Crippen LogP contribution in [0.4, 0.5) is 20.1 Å². The van der Waals surface area contributed by atoms with E-state index in [0.717, 1.165) is 17.7 Å². The maximum absolute atomic E-state index is 14.4.